The first-order chi connectivity index (χ1) is 9.09. The lowest BCUT2D eigenvalue weighted by Gasteiger charge is -2.25. The molecule has 0 bridgehead atoms. The zero-order chi connectivity index (χ0) is 15.7. The minimum absolute atomic E-state index is 0.0683. The Labute approximate surface area is 128 Å². The van der Waals surface area contributed by atoms with Gasteiger partial charge >= 0.3 is 0 Å². The first kappa shape index (κ1) is 17.1. The Bertz CT molecular complexity index is 629. The highest BCUT2D eigenvalue weighted by molar-refractivity contribution is 9.10. The van der Waals surface area contributed by atoms with E-state index >= 15 is 0 Å². The number of nitrogens with zero attached hydrogens (tertiary/aromatic N) is 1. The van der Waals surface area contributed by atoms with Gasteiger partial charge in [-0.15, -0.1) is 0 Å². The number of halogens is 1. The Hall–Kier alpha value is -0.920. The van der Waals surface area contributed by atoms with Crippen LogP contribution in [0.1, 0.15) is 36.2 Å². The van der Waals surface area contributed by atoms with Crippen molar-refractivity contribution in [3.63, 3.8) is 0 Å². The van der Waals surface area contributed by atoms with Gasteiger partial charge in [0.1, 0.15) is 0 Å². The summed E-state index contributed by atoms with van der Waals surface area (Å²) in [6.07, 6.45) is 0.817. The predicted molar refractivity (Wildman–Crippen MR) is 82.1 cm³/mol. The van der Waals surface area contributed by atoms with Crippen LogP contribution < -0.4 is 5.14 Å². The molecule has 7 heteroatoms. The molecule has 5 nitrogen and oxygen atoms in total. The minimum atomic E-state index is -3.85. The van der Waals surface area contributed by atoms with E-state index in [0.717, 1.165) is 6.42 Å². The highest BCUT2D eigenvalue weighted by Crippen LogP contribution is 2.25. The lowest BCUT2D eigenvalue weighted by atomic mass is 10.1. The van der Waals surface area contributed by atoms with E-state index in [9.17, 15) is 13.2 Å². The molecule has 1 rings (SSSR count). The Morgan fingerprint density at radius 3 is 2.45 bits per heavy atom. The van der Waals surface area contributed by atoms with E-state index in [1.165, 1.54) is 12.1 Å². The minimum Gasteiger partial charge on any atom is -0.339 e. The Morgan fingerprint density at radius 2 is 2.00 bits per heavy atom. The maximum absolute atomic E-state index is 12.5. The van der Waals surface area contributed by atoms with E-state index in [4.69, 9.17) is 5.14 Å². The summed E-state index contributed by atoms with van der Waals surface area (Å²) in [4.78, 5) is 14.0. The second-order valence-electron chi connectivity index (χ2n) is 4.80. The van der Waals surface area contributed by atoms with Crippen molar-refractivity contribution in [3.8, 4) is 0 Å². The van der Waals surface area contributed by atoms with E-state index in [0.29, 0.717) is 15.6 Å². The molecule has 0 fully saturated rings. The van der Waals surface area contributed by atoms with Gasteiger partial charge in [-0.3, -0.25) is 4.79 Å². The zero-order valence-corrected chi connectivity index (χ0v) is 14.4. The fourth-order valence-corrected chi connectivity index (χ4v) is 2.88. The van der Waals surface area contributed by atoms with Crippen molar-refractivity contribution in [2.45, 2.75) is 38.1 Å². The van der Waals surface area contributed by atoms with Crippen LogP contribution in [0.25, 0.3) is 0 Å². The zero-order valence-electron chi connectivity index (χ0n) is 12.0. The maximum Gasteiger partial charge on any atom is 0.254 e. The molecule has 0 spiro atoms. The van der Waals surface area contributed by atoms with E-state index < -0.39 is 10.0 Å². The first-order valence-corrected chi connectivity index (χ1v) is 8.53. The lowest BCUT2D eigenvalue weighted by molar-refractivity contribution is 0.0739. The number of hydrogen-bond donors (Lipinski definition) is 1. The Balaban J connectivity index is 3.38. The molecule has 1 unspecified atom stereocenters. The van der Waals surface area contributed by atoms with Crippen molar-refractivity contribution >= 4 is 31.9 Å². The summed E-state index contributed by atoms with van der Waals surface area (Å²) in [6, 6.07) is 2.81. The summed E-state index contributed by atoms with van der Waals surface area (Å²) in [6.45, 7) is 5.68. The number of nitrogens with two attached hydrogens (primary N) is 1. The van der Waals surface area contributed by atoms with Crippen molar-refractivity contribution < 1.29 is 13.2 Å². The number of carbonyl (C=O) groups is 1. The third-order valence-electron chi connectivity index (χ3n) is 3.45. The molecule has 1 aromatic rings. The van der Waals surface area contributed by atoms with Crippen LogP contribution in [-0.4, -0.2) is 32.3 Å². The fourth-order valence-electron chi connectivity index (χ4n) is 1.70. The summed E-state index contributed by atoms with van der Waals surface area (Å²) in [5.41, 5.74) is 1.03. The molecule has 20 heavy (non-hydrogen) atoms. The van der Waals surface area contributed by atoms with E-state index in [-0.39, 0.29) is 16.8 Å². The molecule has 1 amide bonds. The molecular formula is C13H19BrN2O3S. The van der Waals surface area contributed by atoms with Crippen LogP contribution in [0, 0.1) is 6.92 Å². The molecule has 0 aromatic heterocycles. The largest absolute Gasteiger partial charge is 0.339 e. The van der Waals surface area contributed by atoms with Gasteiger partial charge in [0.15, 0.2) is 0 Å². The highest BCUT2D eigenvalue weighted by atomic mass is 79.9. The lowest BCUT2D eigenvalue weighted by Crippen LogP contribution is -2.35. The average molecular weight is 363 g/mol. The summed E-state index contributed by atoms with van der Waals surface area (Å²) < 4.78 is 23.5. The maximum atomic E-state index is 12.5. The van der Waals surface area contributed by atoms with E-state index in [1.54, 1.807) is 18.9 Å². The normalized spacial score (nSPS) is 13.1. The topological polar surface area (TPSA) is 80.5 Å². The van der Waals surface area contributed by atoms with E-state index in [1.807, 2.05) is 13.8 Å². The number of rotatable bonds is 4. The Morgan fingerprint density at radius 1 is 1.45 bits per heavy atom. The van der Waals surface area contributed by atoms with Crippen molar-refractivity contribution in [1.82, 2.24) is 4.90 Å². The van der Waals surface area contributed by atoms with Crippen molar-refractivity contribution in [3.05, 3.63) is 27.7 Å². The summed E-state index contributed by atoms with van der Waals surface area (Å²) in [7, 11) is -2.15. The molecule has 0 aliphatic carbocycles. The monoisotopic (exact) mass is 362 g/mol. The molecule has 0 saturated heterocycles. The van der Waals surface area contributed by atoms with Gasteiger partial charge in [0.25, 0.3) is 5.91 Å². The van der Waals surface area contributed by atoms with Crippen LogP contribution in [0.4, 0.5) is 0 Å². The fraction of sp³-hybridized carbons (Fsp3) is 0.462. The van der Waals surface area contributed by atoms with Gasteiger partial charge in [-0.25, -0.2) is 13.6 Å². The summed E-state index contributed by atoms with van der Waals surface area (Å²) >= 11 is 3.27. The van der Waals surface area contributed by atoms with Crippen LogP contribution in [-0.2, 0) is 10.0 Å². The quantitative estimate of drug-likeness (QED) is 0.891. The number of amides is 1. The molecule has 0 radical (unpaired) electrons. The van der Waals surface area contributed by atoms with Gasteiger partial charge in [-0.05, 0) is 38.0 Å². The van der Waals surface area contributed by atoms with Crippen LogP contribution in [0.5, 0.6) is 0 Å². The van der Waals surface area contributed by atoms with Crippen LogP contribution in [0.2, 0.25) is 0 Å². The second-order valence-corrected chi connectivity index (χ2v) is 7.21. The standard InChI is InChI=1S/C13H19BrN2O3S/c1-5-8(2)16(4)13(17)11-6-10(20(15,18)19)7-12(14)9(11)3/h6-8H,5H2,1-4H3,(H2,15,18,19). The number of benzene rings is 1. The van der Waals surface area contributed by atoms with Crippen molar-refractivity contribution in [1.29, 1.82) is 0 Å². The summed E-state index contributed by atoms with van der Waals surface area (Å²) in [5.74, 6) is -0.219. The molecule has 1 aromatic carbocycles. The molecule has 112 valence electrons. The van der Waals surface area contributed by atoms with Crippen LogP contribution in [0.3, 0.4) is 0 Å². The number of carbonyl (C=O) groups excluding carboxylic acids is 1. The van der Waals surface area contributed by atoms with Gasteiger partial charge in [0.2, 0.25) is 10.0 Å². The molecule has 2 N–H and O–H groups in total. The van der Waals surface area contributed by atoms with Crippen LogP contribution in [0.15, 0.2) is 21.5 Å². The molecule has 0 heterocycles. The van der Waals surface area contributed by atoms with E-state index in [2.05, 4.69) is 15.9 Å². The number of hydrogen-bond acceptors (Lipinski definition) is 3. The van der Waals surface area contributed by atoms with Crippen molar-refractivity contribution in [2.75, 3.05) is 7.05 Å². The molecule has 0 aliphatic rings. The van der Waals surface area contributed by atoms with Gasteiger partial charge in [-0.2, -0.15) is 0 Å². The summed E-state index contributed by atoms with van der Waals surface area (Å²) in [5, 5.41) is 5.13. The number of sulfonamides is 1. The average Bonchev–Trinajstić information content (AvgIpc) is 2.37. The Kier molecular flexibility index (Phi) is 5.34. The SMILES string of the molecule is CCC(C)N(C)C(=O)c1cc(S(N)(=O)=O)cc(Br)c1C. The van der Waals surface area contributed by atoms with Gasteiger partial charge < -0.3 is 4.90 Å². The van der Waals surface area contributed by atoms with Crippen molar-refractivity contribution in [2.24, 2.45) is 5.14 Å². The third-order valence-corrected chi connectivity index (χ3v) is 5.17. The molecular weight excluding hydrogens is 344 g/mol. The molecule has 1 atom stereocenters. The number of primary sulfonamides is 1. The first-order valence-electron chi connectivity index (χ1n) is 6.19. The molecule has 0 aliphatic heterocycles. The predicted octanol–water partition coefficient (Wildman–Crippen LogP) is 2.28. The smallest absolute Gasteiger partial charge is 0.254 e. The second kappa shape index (κ2) is 6.24. The van der Waals surface area contributed by atoms with Gasteiger partial charge in [-0.1, -0.05) is 22.9 Å². The van der Waals surface area contributed by atoms with Crippen LogP contribution >= 0.6 is 15.9 Å². The van der Waals surface area contributed by atoms with Gasteiger partial charge in [0.05, 0.1) is 4.90 Å². The van der Waals surface area contributed by atoms with Gasteiger partial charge in [0, 0.05) is 23.1 Å². The highest BCUT2D eigenvalue weighted by Gasteiger charge is 2.22. The third kappa shape index (κ3) is 3.59. The molecule has 0 saturated carbocycles.